The van der Waals surface area contributed by atoms with E-state index in [-0.39, 0.29) is 18.3 Å². The number of aromatic nitrogens is 3. The molecule has 0 radical (unpaired) electrons. The van der Waals surface area contributed by atoms with Gasteiger partial charge in [-0.25, -0.2) is 4.79 Å². The van der Waals surface area contributed by atoms with Crippen molar-refractivity contribution in [2.24, 2.45) is 7.05 Å². The van der Waals surface area contributed by atoms with Gasteiger partial charge in [0, 0.05) is 16.9 Å². The Balaban J connectivity index is 1.38. The third kappa shape index (κ3) is 5.87. The van der Waals surface area contributed by atoms with E-state index in [9.17, 15) is 9.59 Å². The number of amides is 1. The SMILES string of the molecule is COC(=O)c1c(NC(=O)CSc2nnc(COc3cc(C)c(Cl)c(C)c3)n2C)sc2c1CCCCC2. The van der Waals surface area contributed by atoms with Crippen LogP contribution in [0.3, 0.4) is 0 Å². The molecule has 0 saturated heterocycles. The van der Waals surface area contributed by atoms with E-state index < -0.39 is 5.97 Å². The quantitative estimate of drug-likeness (QED) is 0.225. The van der Waals surface area contributed by atoms with E-state index in [0.717, 1.165) is 53.8 Å². The van der Waals surface area contributed by atoms with Crippen molar-refractivity contribution in [3.05, 3.63) is 50.1 Å². The molecule has 36 heavy (non-hydrogen) atoms. The van der Waals surface area contributed by atoms with Crippen LogP contribution >= 0.6 is 34.7 Å². The van der Waals surface area contributed by atoms with Crippen LogP contribution in [0.15, 0.2) is 17.3 Å². The Bertz CT molecular complexity index is 1260. The molecule has 3 aromatic rings. The van der Waals surface area contributed by atoms with Crippen molar-refractivity contribution in [2.75, 3.05) is 18.2 Å². The molecule has 2 aromatic heterocycles. The Morgan fingerprint density at radius 2 is 1.89 bits per heavy atom. The molecule has 4 rings (SSSR count). The first-order valence-electron chi connectivity index (χ1n) is 11.7. The highest BCUT2D eigenvalue weighted by Gasteiger charge is 2.26. The summed E-state index contributed by atoms with van der Waals surface area (Å²) in [5.41, 5.74) is 3.42. The maximum atomic E-state index is 12.8. The minimum Gasteiger partial charge on any atom is -0.486 e. The Kier molecular flexibility index (Phi) is 8.58. The predicted molar refractivity (Wildman–Crippen MR) is 143 cm³/mol. The molecule has 0 aliphatic heterocycles. The van der Waals surface area contributed by atoms with Gasteiger partial charge >= 0.3 is 5.97 Å². The zero-order chi connectivity index (χ0) is 25.8. The topological polar surface area (TPSA) is 95.3 Å². The summed E-state index contributed by atoms with van der Waals surface area (Å²) < 4.78 is 12.7. The van der Waals surface area contributed by atoms with Crippen LogP contribution in [0.1, 0.15) is 57.0 Å². The first kappa shape index (κ1) is 26.5. The number of thiophene rings is 1. The van der Waals surface area contributed by atoms with Gasteiger partial charge in [-0.1, -0.05) is 29.8 Å². The lowest BCUT2D eigenvalue weighted by molar-refractivity contribution is -0.113. The molecule has 11 heteroatoms. The molecule has 0 unspecified atom stereocenters. The van der Waals surface area contributed by atoms with Gasteiger partial charge in [0.15, 0.2) is 11.0 Å². The first-order chi connectivity index (χ1) is 17.3. The maximum absolute atomic E-state index is 12.8. The fourth-order valence-corrected chi connectivity index (χ4v) is 6.31. The molecular weight excluding hydrogens is 520 g/mol. The molecule has 1 aliphatic rings. The minimum atomic E-state index is -0.402. The number of rotatable bonds is 8. The fraction of sp³-hybridized carbons (Fsp3) is 0.440. The van der Waals surface area contributed by atoms with Gasteiger partial charge < -0.3 is 19.4 Å². The Morgan fingerprint density at radius 1 is 1.17 bits per heavy atom. The highest BCUT2D eigenvalue weighted by atomic mass is 35.5. The number of esters is 1. The Hall–Kier alpha value is -2.56. The van der Waals surface area contributed by atoms with Gasteiger partial charge in [0.2, 0.25) is 5.91 Å². The summed E-state index contributed by atoms with van der Waals surface area (Å²) in [6.45, 7) is 4.11. The number of nitrogens with one attached hydrogen (secondary N) is 1. The number of carbonyl (C=O) groups excluding carboxylic acids is 2. The van der Waals surface area contributed by atoms with E-state index in [1.807, 2.05) is 33.0 Å². The number of carbonyl (C=O) groups is 2. The van der Waals surface area contributed by atoms with Crippen LogP contribution in [-0.2, 0) is 36.0 Å². The zero-order valence-corrected chi connectivity index (χ0v) is 23.2. The molecule has 8 nitrogen and oxygen atoms in total. The number of hydrogen-bond acceptors (Lipinski definition) is 8. The Labute approximate surface area is 223 Å². The number of anilines is 1. The van der Waals surface area contributed by atoms with Crippen LogP contribution in [0.4, 0.5) is 5.00 Å². The van der Waals surface area contributed by atoms with E-state index in [4.69, 9.17) is 21.1 Å². The van der Waals surface area contributed by atoms with Gasteiger partial charge in [-0.05, 0) is 68.4 Å². The summed E-state index contributed by atoms with van der Waals surface area (Å²) in [5.74, 6) is 0.863. The molecule has 2 heterocycles. The lowest BCUT2D eigenvalue weighted by Crippen LogP contribution is -2.16. The molecule has 0 spiro atoms. The smallest absolute Gasteiger partial charge is 0.341 e. The number of nitrogens with zero attached hydrogens (tertiary/aromatic N) is 3. The predicted octanol–water partition coefficient (Wildman–Crippen LogP) is 5.51. The number of hydrogen-bond donors (Lipinski definition) is 1. The molecule has 192 valence electrons. The normalized spacial score (nSPS) is 13.1. The Morgan fingerprint density at radius 3 is 2.61 bits per heavy atom. The number of fused-ring (bicyclic) bond motifs is 1. The van der Waals surface area contributed by atoms with Crippen molar-refractivity contribution in [3.8, 4) is 5.75 Å². The zero-order valence-electron chi connectivity index (χ0n) is 20.8. The molecule has 1 N–H and O–H groups in total. The maximum Gasteiger partial charge on any atom is 0.341 e. The number of thioether (sulfide) groups is 1. The summed E-state index contributed by atoms with van der Waals surface area (Å²) in [6, 6.07) is 3.77. The van der Waals surface area contributed by atoms with Gasteiger partial charge in [-0.15, -0.1) is 21.5 Å². The second-order valence-corrected chi connectivity index (χ2v) is 11.1. The second-order valence-electron chi connectivity index (χ2n) is 8.71. The number of benzene rings is 1. The van der Waals surface area contributed by atoms with Gasteiger partial charge in [0.25, 0.3) is 0 Å². The van der Waals surface area contributed by atoms with Gasteiger partial charge in [0.05, 0.1) is 18.4 Å². The summed E-state index contributed by atoms with van der Waals surface area (Å²) >= 11 is 8.99. The largest absolute Gasteiger partial charge is 0.486 e. The van der Waals surface area contributed by atoms with Crippen LogP contribution < -0.4 is 10.1 Å². The minimum absolute atomic E-state index is 0.131. The van der Waals surface area contributed by atoms with Crippen molar-refractivity contribution in [2.45, 2.75) is 57.7 Å². The van der Waals surface area contributed by atoms with Crippen LogP contribution in [0, 0.1) is 13.8 Å². The highest BCUT2D eigenvalue weighted by Crippen LogP contribution is 2.38. The average Bonchev–Trinajstić information content (AvgIpc) is 3.28. The van der Waals surface area contributed by atoms with E-state index in [1.54, 1.807) is 4.57 Å². The lowest BCUT2D eigenvalue weighted by Gasteiger charge is -2.10. The number of methoxy groups -OCH3 is 1. The van der Waals surface area contributed by atoms with Crippen LogP contribution in [-0.4, -0.2) is 39.5 Å². The standard InChI is InChI=1S/C25H29ClN4O4S2/c1-14-10-16(11-15(2)22(14)26)34-12-19-28-29-25(30(19)3)35-13-20(31)27-23-21(24(32)33-4)17-8-6-5-7-9-18(17)36-23/h10-11H,5-9,12-13H2,1-4H3,(H,27,31). The van der Waals surface area contributed by atoms with E-state index >= 15 is 0 Å². The van der Waals surface area contributed by atoms with Gasteiger partial charge in [-0.2, -0.15) is 0 Å². The van der Waals surface area contributed by atoms with E-state index in [1.165, 1.54) is 35.1 Å². The summed E-state index contributed by atoms with van der Waals surface area (Å²) in [5, 5.41) is 13.2. The van der Waals surface area contributed by atoms with Crippen molar-refractivity contribution in [1.82, 2.24) is 14.8 Å². The number of halogens is 1. The fourth-order valence-electron chi connectivity index (χ4n) is 4.18. The summed E-state index contributed by atoms with van der Waals surface area (Å²) in [4.78, 5) is 26.4. The van der Waals surface area contributed by atoms with Gasteiger partial charge in [-0.3, -0.25) is 4.79 Å². The lowest BCUT2D eigenvalue weighted by atomic mass is 10.1. The molecule has 1 aliphatic carbocycles. The first-order valence-corrected chi connectivity index (χ1v) is 13.9. The summed E-state index contributed by atoms with van der Waals surface area (Å²) in [7, 11) is 3.21. The van der Waals surface area contributed by atoms with Crippen LogP contribution in [0.2, 0.25) is 5.02 Å². The average molecular weight is 549 g/mol. The number of aryl methyl sites for hydroxylation is 3. The van der Waals surface area contributed by atoms with Crippen LogP contribution in [0.5, 0.6) is 5.75 Å². The van der Waals surface area contributed by atoms with E-state index in [2.05, 4.69) is 15.5 Å². The molecule has 1 aromatic carbocycles. The molecule has 0 atom stereocenters. The van der Waals surface area contributed by atoms with Crippen LogP contribution in [0.25, 0.3) is 0 Å². The third-order valence-electron chi connectivity index (χ3n) is 6.10. The number of ether oxygens (including phenoxy) is 2. The van der Waals surface area contributed by atoms with Gasteiger partial charge in [0.1, 0.15) is 17.4 Å². The molecule has 1 amide bonds. The monoisotopic (exact) mass is 548 g/mol. The molecule has 0 bridgehead atoms. The summed E-state index contributed by atoms with van der Waals surface area (Å²) in [6.07, 6.45) is 5.02. The van der Waals surface area contributed by atoms with Crippen molar-refractivity contribution in [3.63, 3.8) is 0 Å². The third-order valence-corrected chi connectivity index (χ3v) is 8.92. The molecule has 0 saturated carbocycles. The van der Waals surface area contributed by atoms with E-state index in [0.29, 0.717) is 27.3 Å². The van der Waals surface area contributed by atoms with Crippen molar-refractivity contribution >= 4 is 51.6 Å². The molecular formula is C25H29ClN4O4S2. The van der Waals surface area contributed by atoms with Crippen molar-refractivity contribution in [1.29, 1.82) is 0 Å². The second kappa shape index (κ2) is 11.7. The molecule has 0 fully saturated rings. The van der Waals surface area contributed by atoms with Crippen molar-refractivity contribution < 1.29 is 19.1 Å². The highest BCUT2D eigenvalue weighted by molar-refractivity contribution is 7.99.